The fourth-order valence-corrected chi connectivity index (χ4v) is 6.00. The predicted molar refractivity (Wildman–Crippen MR) is 122 cm³/mol. The normalized spacial score (nSPS) is 23.9. The van der Waals surface area contributed by atoms with Gasteiger partial charge in [0.05, 0.1) is 6.04 Å². The molecule has 1 aromatic rings. The summed E-state index contributed by atoms with van der Waals surface area (Å²) in [5, 5.41) is 1.45. The molecule has 0 spiro atoms. The van der Waals surface area contributed by atoms with Crippen LogP contribution in [-0.2, 0) is 4.79 Å². The van der Waals surface area contributed by atoms with Gasteiger partial charge in [-0.2, -0.15) is 11.8 Å². The Morgan fingerprint density at radius 1 is 1.18 bits per heavy atom. The van der Waals surface area contributed by atoms with E-state index in [4.69, 9.17) is 11.6 Å². The topological polar surface area (TPSA) is 20.3 Å². The summed E-state index contributed by atoms with van der Waals surface area (Å²) in [6, 6.07) is 8.67. The summed E-state index contributed by atoms with van der Waals surface area (Å²) < 4.78 is 0. The van der Waals surface area contributed by atoms with Crippen molar-refractivity contribution in [2.45, 2.75) is 76.1 Å². The molecule has 1 heterocycles. The molecule has 3 unspecified atom stereocenters. The van der Waals surface area contributed by atoms with Gasteiger partial charge in [0.2, 0.25) is 5.91 Å². The van der Waals surface area contributed by atoms with E-state index in [-0.39, 0.29) is 12.0 Å². The van der Waals surface area contributed by atoms with Crippen molar-refractivity contribution >= 4 is 29.3 Å². The van der Waals surface area contributed by atoms with Crippen LogP contribution in [0.25, 0.3) is 0 Å². The third-order valence-electron chi connectivity index (χ3n) is 6.37. The van der Waals surface area contributed by atoms with Gasteiger partial charge in [-0.25, -0.2) is 0 Å². The largest absolute Gasteiger partial charge is 0.331 e. The average Bonchev–Trinajstić information content (AvgIpc) is 3.54. The fourth-order valence-electron chi connectivity index (χ4n) is 4.50. The number of carbonyl (C=O) groups excluding carboxylic acids is 1. The lowest BCUT2D eigenvalue weighted by molar-refractivity contribution is -0.145. The molecule has 28 heavy (non-hydrogen) atoms. The molecule has 1 aliphatic heterocycles. The lowest BCUT2D eigenvalue weighted by Crippen LogP contribution is -2.51. The van der Waals surface area contributed by atoms with E-state index in [1.54, 1.807) is 0 Å². The summed E-state index contributed by atoms with van der Waals surface area (Å²) in [6.45, 7) is 8.43. The van der Waals surface area contributed by atoms with Crippen molar-refractivity contribution in [1.29, 1.82) is 0 Å². The maximum Gasteiger partial charge on any atom is 0.226 e. The van der Waals surface area contributed by atoms with Crippen molar-refractivity contribution < 1.29 is 4.79 Å². The predicted octanol–water partition coefficient (Wildman–Crippen LogP) is 6.90. The monoisotopic (exact) mass is 419 g/mol. The summed E-state index contributed by atoms with van der Waals surface area (Å²) in [5.74, 6) is 2.17. The third-order valence-corrected chi connectivity index (χ3v) is 8.29. The first-order chi connectivity index (χ1) is 13.6. The van der Waals surface area contributed by atoms with Crippen LogP contribution in [0.5, 0.6) is 0 Å². The van der Waals surface area contributed by atoms with E-state index in [0.29, 0.717) is 23.1 Å². The van der Waals surface area contributed by atoms with Crippen molar-refractivity contribution in [3.63, 3.8) is 0 Å². The Morgan fingerprint density at radius 3 is 2.43 bits per heavy atom. The first-order valence-electron chi connectivity index (χ1n) is 10.9. The number of piperidine rings is 1. The van der Waals surface area contributed by atoms with Crippen molar-refractivity contribution in [2.75, 3.05) is 5.75 Å². The molecule has 1 aromatic carbocycles. The Balaban J connectivity index is 1.86. The van der Waals surface area contributed by atoms with Crippen molar-refractivity contribution in [2.24, 2.45) is 11.8 Å². The van der Waals surface area contributed by atoms with Gasteiger partial charge in [0.15, 0.2) is 0 Å². The third kappa shape index (κ3) is 5.16. The summed E-state index contributed by atoms with van der Waals surface area (Å²) in [5.41, 5.74) is 1.23. The standard InChI is InChI=1S/C24H34ClNOS/c1-4-7-19-12-15-22(17-10-13-20(25)14-11-17)26(24(19)27)23(18-8-9-18)16-28-21(5-2)6-3/h4,10-11,13-14,18-19,21-23H,1,5-9,12,15-16H2,2-3H3. The number of nitrogens with zero attached hydrogens (tertiary/aromatic N) is 1. The summed E-state index contributed by atoms with van der Waals surface area (Å²) in [7, 11) is 0. The highest BCUT2D eigenvalue weighted by Crippen LogP contribution is 2.45. The Kier molecular flexibility index (Phi) is 7.93. The van der Waals surface area contributed by atoms with Crippen LogP contribution in [0.1, 0.15) is 70.4 Å². The van der Waals surface area contributed by atoms with Crippen LogP contribution in [0.4, 0.5) is 0 Å². The van der Waals surface area contributed by atoms with Gasteiger partial charge in [-0.3, -0.25) is 4.79 Å². The lowest BCUT2D eigenvalue weighted by atomic mass is 9.85. The molecular weight excluding hydrogens is 386 g/mol. The number of allylic oxidation sites excluding steroid dienone is 1. The second-order valence-electron chi connectivity index (χ2n) is 8.29. The van der Waals surface area contributed by atoms with Crippen LogP contribution < -0.4 is 0 Å². The number of thioether (sulfide) groups is 1. The Morgan fingerprint density at radius 2 is 1.86 bits per heavy atom. The first kappa shape index (κ1) is 21.8. The quantitative estimate of drug-likeness (QED) is 0.384. The molecule has 1 saturated carbocycles. The van der Waals surface area contributed by atoms with E-state index < -0.39 is 0 Å². The molecule has 1 amide bonds. The van der Waals surface area contributed by atoms with Crippen LogP contribution >= 0.6 is 23.4 Å². The minimum Gasteiger partial charge on any atom is -0.331 e. The van der Waals surface area contributed by atoms with Gasteiger partial charge in [0.1, 0.15) is 0 Å². The van der Waals surface area contributed by atoms with E-state index in [0.717, 1.165) is 30.0 Å². The molecule has 1 saturated heterocycles. The zero-order valence-corrected chi connectivity index (χ0v) is 18.9. The molecule has 2 nitrogen and oxygen atoms in total. The first-order valence-corrected chi connectivity index (χ1v) is 12.3. The highest BCUT2D eigenvalue weighted by molar-refractivity contribution is 7.99. The smallest absolute Gasteiger partial charge is 0.226 e. The van der Waals surface area contributed by atoms with Crippen LogP contribution in [0, 0.1) is 11.8 Å². The van der Waals surface area contributed by atoms with Gasteiger partial charge in [0, 0.05) is 28.0 Å². The van der Waals surface area contributed by atoms with E-state index in [1.165, 1.54) is 31.2 Å². The number of hydrogen-bond acceptors (Lipinski definition) is 2. The molecule has 2 aliphatic rings. The number of carbonyl (C=O) groups is 1. The van der Waals surface area contributed by atoms with Crippen molar-refractivity contribution in [1.82, 2.24) is 4.90 Å². The second-order valence-corrected chi connectivity index (χ2v) is 10.1. The molecule has 2 fully saturated rings. The Labute approximate surface area is 180 Å². The summed E-state index contributed by atoms with van der Waals surface area (Å²) in [4.78, 5) is 15.9. The molecule has 0 bridgehead atoms. The molecule has 4 heteroatoms. The molecule has 3 atom stereocenters. The Bertz CT molecular complexity index is 653. The van der Waals surface area contributed by atoms with E-state index in [9.17, 15) is 4.79 Å². The fraction of sp³-hybridized carbons (Fsp3) is 0.625. The van der Waals surface area contributed by atoms with E-state index >= 15 is 0 Å². The van der Waals surface area contributed by atoms with Gasteiger partial charge in [-0.05, 0) is 68.6 Å². The highest BCUT2D eigenvalue weighted by Gasteiger charge is 2.44. The van der Waals surface area contributed by atoms with Crippen LogP contribution in [0.15, 0.2) is 36.9 Å². The zero-order chi connectivity index (χ0) is 20.1. The van der Waals surface area contributed by atoms with Gasteiger partial charge >= 0.3 is 0 Å². The molecule has 3 rings (SSSR count). The SMILES string of the molecule is C=CCC1CCC(c2ccc(Cl)cc2)N(C(CSC(CC)CC)C2CC2)C1=O. The highest BCUT2D eigenvalue weighted by atomic mass is 35.5. The zero-order valence-electron chi connectivity index (χ0n) is 17.3. The number of benzene rings is 1. The van der Waals surface area contributed by atoms with Gasteiger partial charge in [0.25, 0.3) is 0 Å². The van der Waals surface area contributed by atoms with Crippen LogP contribution in [0.2, 0.25) is 5.02 Å². The minimum absolute atomic E-state index is 0.0976. The van der Waals surface area contributed by atoms with Gasteiger partial charge < -0.3 is 4.90 Å². The molecule has 0 N–H and O–H groups in total. The van der Waals surface area contributed by atoms with Gasteiger partial charge in [-0.1, -0.05) is 43.7 Å². The molecule has 1 aliphatic carbocycles. The maximum absolute atomic E-state index is 13.6. The molecular formula is C24H34ClNOS. The second kappa shape index (κ2) is 10.2. The summed E-state index contributed by atoms with van der Waals surface area (Å²) >= 11 is 8.20. The number of likely N-dealkylation sites (tertiary alicyclic amines) is 1. The minimum atomic E-state index is 0.0976. The van der Waals surface area contributed by atoms with Crippen molar-refractivity contribution in [3.8, 4) is 0 Å². The van der Waals surface area contributed by atoms with Crippen LogP contribution in [-0.4, -0.2) is 27.9 Å². The number of hydrogen-bond donors (Lipinski definition) is 0. The molecule has 154 valence electrons. The van der Waals surface area contributed by atoms with E-state index in [2.05, 4.69) is 49.2 Å². The average molecular weight is 420 g/mol. The maximum atomic E-state index is 13.6. The summed E-state index contributed by atoms with van der Waals surface area (Å²) in [6.07, 6.45) is 9.61. The van der Waals surface area contributed by atoms with Crippen molar-refractivity contribution in [3.05, 3.63) is 47.5 Å². The van der Waals surface area contributed by atoms with Gasteiger partial charge in [-0.15, -0.1) is 6.58 Å². The Hall–Kier alpha value is -0.930. The molecule has 0 aromatic heterocycles. The van der Waals surface area contributed by atoms with E-state index in [1.807, 2.05) is 18.2 Å². The number of amides is 1. The number of halogens is 1. The lowest BCUT2D eigenvalue weighted by Gasteiger charge is -2.45. The number of rotatable bonds is 10. The van der Waals surface area contributed by atoms with Crippen LogP contribution in [0.3, 0.4) is 0 Å². The molecule has 0 radical (unpaired) electrons.